The SMILES string of the molecule is CCN(CC)C(=O)N1c2ccccc2C[C@H]1C(=O)O. The molecular weight excluding hydrogens is 244 g/mol. The Hall–Kier alpha value is -2.04. The molecule has 0 unspecified atom stereocenters. The first-order valence-electron chi connectivity index (χ1n) is 6.49. The zero-order chi connectivity index (χ0) is 14.0. The lowest BCUT2D eigenvalue weighted by molar-refractivity contribution is -0.138. The number of carbonyl (C=O) groups excluding carboxylic acids is 1. The molecule has 0 aromatic heterocycles. The maximum Gasteiger partial charge on any atom is 0.327 e. The standard InChI is InChI=1S/C14H18N2O3/c1-3-15(4-2)14(19)16-11-8-6-5-7-10(11)9-12(16)13(17)18/h5-8,12H,3-4,9H2,1-2H3,(H,17,18)/t12-/m0/s1. The van der Waals surface area contributed by atoms with Gasteiger partial charge in [-0.05, 0) is 25.5 Å². The van der Waals surface area contributed by atoms with Crippen LogP contribution in [0.3, 0.4) is 0 Å². The third kappa shape index (κ3) is 2.28. The molecular formula is C14H18N2O3. The number of fused-ring (bicyclic) bond motifs is 1. The molecule has 1 aromatic rings. The van der Waals surface area contributed by atoms with Gasteiger partial charge >= 0.3 is 12.0 Å². The summed E-state index contributed by atoms with van der Waals surface area (Å²) in [7, 11) is 0. The third-order valence-electron chi connectivity index (χ3n) is 3.50. The van der Waals surface area contributed by atoms with Crippen LogP contribution >= 0.6 is 0 Å². The van der Waals surface area contributed by atoms with Gasteiger partial charge in [0.1, 0.15) is 6.04 Å². The van der Waals surface area contributed by atoms with E-state index in [1.807, 2.05) is 32.0 Å². The summed E-state index contributed by atoms with van der Waals surface area (Å²) in [6, 6.07) is 6.34. The molecule has 102 valence electrons. The summed E-state index contributed by atoms with van der Waals surface area (Å²) in [5.41, 5.74) is 1.63. The molecule has 2 amide bonds. The highest BCUT2D eigenvalue weighted by atomic mass is 16.4. The molecule has 0 bridgehead atoms. The lowest BCUT2D eigenvalue weighted by atomic mass is 10.1. The Morgan fingerprint density at radius 2 is 1.95 bits per heavy atom. The van der Waals surface area contributed by atoms with Crippen LogP contribution in [-0.2, 0) is 11.2 Å². The Labute approximate surface area is 112 Å². The van der Waals surface area contributed by atoms with Gasteiger partial charge in [-0.25, -0.2) is 9.59 Å². The summed E-state index contributed by atoms with van der Waals surface area (Å²) >= 11 is 0. The van der Waals surface area contributed by atoms with Gasteiger partial charge in [0.05, 0.1) is 0 Å². The number of anilines is 1. The highest BCUT2D eigenvalue weighted by molar-refractivity contribution is 6.01. The van der Waals surface area contributed by atoms with Crippen LogP contribution < -0.4 is 4.90 Å². The van der Waals surface area contributed by atoms with Gasteiger partial charge in [0.25, 0.3) is 0 Å². The van der Waals surface area contributed by atoms with Crippen molar-refractivity contribution in [2.45, 2.75) is 26.3 Å². The monoisotopic (exact) mass is 262 g/mol. The fourth-order valence-electron chi connectivity index (χ4n) is 2.47. The van der Waals surface area contributed by atoms with E-state index in [1.54, 1.807) is 11.0 Å². The van der Waals surface area contributed by atoms with Crippen LogP contribution in [-0.4, -0.2) is 41.1 Å². The summed E-state index contributed by atoms with van der Waals surface area (Å²) < 4.78 is 0. The second-order valence-electron chi connectivity index (χ2n) is 4.51. The second kappa shape index (κ2) is 5.30. The van der Waals surface area contributed by atoms with Crippen molar-refractivity contribution in [3.05, 3.63) is 29.8 Å². The quantitative estimate of drug-likeness (QED) is 0.905. The van der Waals surface area contributed by atoms with Crippen molar-refractivity contribution in [2.24, 2.45) is 0 Å². The Bertz CT molecular complexity index is 497. The lowest BCUT2D eigenvalue weighted by Gasteiger charge is -2.29. The molecule has 1 aromatic carbocycles. The molecule has 0 spiro atoms. The molecule has 1 aliphatic rings. The number of urea groups is 1. The maximum atomic E-state index is 12.5. The average molecular weight is 262 g/mol. The number of amides is 2. The Kier molecular flexibility index (Phi) is 3.74. The number of para-hydroxylation sites is 1. The predicted molar refractivity (Wildman–Crippen MR) is 72.4 cm³/mol. The summed E-state index contributed by atoms with van der Waals surface area (Å²) in [4.78, 5) is 26.9. The fraction of sp³-hybridized carbons (Fsp3) is 0.429. The predicted octanol–water partition coefficient (Wildman–Crippen LogP) is 1.96. The molecule has 5 heteroatoms. The number of hydrogen-bond donors (Lipinski definition) is 1. The Morgan fingerprint density at radius 1 is 1.32 bits per heavy atom. The molecule has 1 aliphatic heterocycles. The second-order valence-corrected chi connectivity index (χ2v) is 4.51. The first-order chi connectivity index (χ1) is 9.10. The number of carbonyl (C=O) groups is 2. The number of carboxylic acid groups (broad SMARTS) is 1. The van der Waals surface area contributed by atoms with Crippen LogP contribution in [0.5, 0.6) is 0 Å². The van der Waals surface area contributed by atoms with Gasteiger partial charge in [-0.15, -0.1) is 0 Å². The molecule has 0 radical (unpaired) electrons. The molecule has 0 fully saturated rings. The molecule has 19 heavy (non-hydrogen) atoms. The Balaban J connectivity index is 2.39. The summed E-state index contributed by atoms with van der Waals surface area (Å²) in [6.07, 6.45) is 0.374. The molecule has 2 rings (SSSR count). The van der Waals surface area contributed by atoms with Crippen LogP contribution in [0, 0.1) is 0 Å². The minimum atomic E-state index is -0.961. The summed E-state index contributed by atoms with van der Waals surface area (Å²) in [5, 5.41) is 9.32. The van der Waals surface area contributed by atoms with Crippen LogP contribution in [0.4, 0.5) is 10.5 Å². The normalized spacial score (nSPS) is 17.2. The number of benzene rings is 1. The van der Waals surface area contributed by atoms with Crippen molar-refractivity contribution in [2.75, 3.05) is 18.0 Å². The first kappa shape index (κ1) is 13.4. The van der Waals surface area contributed by atoms with Crippen molar-refractivity contribution in [1.29, 1.82) is 0 Å². The maximum absolute atomic E-state index is 12.5. The Morgan fingerprint density at radius 3 is 2.53 bits per heavy atom. The zero-order valence-electron chi connectivity index (χ0n) is 11.2. The fourth-order valence-corrected chi connectivity index (χ4v) is 2.47. The van der Waals surface area contributed by atoms with E-state index < -0.39 is 12.0 Å². The number of aliphatic carboxylic acids is 1. The molecule has 1 atom stereocenters. The van der Waals surface area contributed by atoms with Gasteiger partial charge in [0.2, 0.25) is 0 Å². The summed E-state index contributed by atoms with van der Waals surface area (Å²) in [5.74, 6) is -0.961. The average Bonchev–Trinajstić information content (AvgIpc) is 2.79. The highest BCUT2D eigenvalue weighted by Crippen LogP contribution is 2.32. The van der Waals surface area contributed by atoms with E-state index in [-0.39, 0.29) is 6.03 Å². The van der Waals surface area contributed by atoms with E-state index in [0.29, 0.717) is 25.2 Å². The van der Waals surface area contributed by atoms with Gasteiger partial charge in [-0.2, -0.15) is 0 Å². The molecule has 1 heterocycles. The summed E-state index contributed by atoms with van der Waals surface area (Å²) in [6.45, 7) is 4.92. The van der Waals surface area contributed by atoms with Crippen LogP contribution in [0.1, 0.15) is 19.4 Å². The highest BCUT2D eigenvalue weighted by Gasteiger charge is 2.39. The van der Waals surface area contributed by atoms with E-state index in [0.717, 1.165) is 5.56 Å². The molecule has 0 saturated heterocycles. The third-order valence-corrected chi connectivity index (χ3v) is 3.50. The van der Waals surface area contributed by atoms with E-state index in [1.165, 1.54) is 4.90 Å². The molecule has 0 aliphatic carbocycles. The first-order valence-corrected chi connectivity index (χ1v) is 6.49. The van der Waals surface area contributed by atoms with Gasteiger partial charge in [0.15, 0.2) is 0 Å². The van der Waals surface area contributed by atoms with Crippen molar-refractivity contribution in [3.8, 4) is 0 Å². The van der Waals surface area contributed by atoms with Gasteiger partial charge in [0, 0.05) is 25.2 Å². The molecule has 5 nitrogen and oxygen atoms in total. The number of hydrogen-bond acceptors (Lipinski definition) is 2. The van der Waals surface area contributed by atoms with Gasteiger partial charge in [-0.1, -0.05) is 18.2 Å². The smallest absolute Gasteiger partial charge is 0.327 e. The van der Waals surface area contributed by atoms with Crippen molar-refractivity contribution in [1.82, 2.24) is 4.90 Å². The number of carboxylic acids is 1. The minimum Gasteiger partial charge on any atom is -0.480 e. The molecule has 1 N–H and O–H groups in total. The zero-order valence-corrected chi connectivity index (χ0v) is 11.2. The van der Waals surface area contributed by atoms with Gasteiger partial charge in [-0.3, -0.25) is 4.90 Å². The van der Waals surface area contributed by atoms with Crippen molar-refractivity contribution >= 4 is 17.7 Å². The topological polar surface area (TPSA) is 60.9 Å². The minimum absolute atomic E-state index is 0.234. The van der Waals surface area contributed by atoms with E-state index in [2.05, 4.69) is 0 Å². The van der Waals surface area contributed by atoms with Crippen LogP contribution in [0.15, 0.2) is 24.3 Å². The molecule has 0 saturated carbocycles. The van der Waals surface area contributed by atoms with E-state index in [9.17, 15) is 14.7 Å². The van der Waals surface area contributed by atoms with E-state index >= 15 is 0 Å². The van der Waals surface area contributed by atoms with Crippen molar-refractivity contribution < 1.29 is 14.7 Å². The van der Waals surface area contributed by atoms with Crippen LogP contribution in [0.2, 0.25) is 0 Å². The van der Waals surface area contributed by atoms with Crippen molar-refractivity contribution in [3.63, 3.8) is 0 Å². The number of nitrogens with zero attached hydrogens (tertiary/aromatic N) is 2. The van der Waals surface area contributed by atoms with Gasteiger partial charge < -0.3 is 10.0 Å². The van der Waals surface area contributed by atoms with Crippen LogP contribution in [0.25, 0.3) is 0 Å². The largest absolute Gasteiger partial charge is 0.480 e. The number of rotatable bonds is 3. The lowest BCUT2D eigenvalue weighted by Crippen LogP contribution is -2.49. The van der Waals surface area contributed by atoms with E-state index in [4.69, 9.17) is 0 Å².